The lowest BCUT2D eigenvalue weighted by Crippen LogP contribution is -2.33. The SMILES string of the molecule is CC(C)C(NS(C)(=O)=O)c1nnc2n1CCN(Cc1ccsc1)CC2. The predicted molar refractivity (Wildman–Crippen MR) is 98.9 cm³/mol. The van der Waals surface area contributed by atoms with Gasteiger partial charge in [0.1, 0.15) is 5.82 Å². The van der Waals surface area contributed by atoms with Gasteiger partial charge in [0.15, 0.2) is 5.82 Å². The van der Waals surface area contributed by atoms with Crippen LogP contribution in [0.25, 0.3) is 0 Å². The summed E-state index contributed by atoms with van der Waals surface area (Å²) in [4.78, 5) is 2.41. The first kappa shape index (κ1) is 18.5. The van der Waals surface area contributed by atoms with Crippen LogP contribution in [0, 0.1) is 5.92 Å². The molecule has 3 heterocycles. The average molecular weight is 384 g/mol. The molecule has 0 aliphatic carbocycles. The third kappa shape index (κ3) is 4.66. The Morgan fingerprint density at radius 3 is 2.72 bits per heavy atom. The second-order valence-electron chi connectivity index (χ2n) is 6.90. The van der Waals surface area contributed by atoms with Gasteiger partial charge in [-0.2, -0.15) is 11.3 Å². The van der Waals surface area contributed by atoms with Crippen LogP contribution in [0.5, 0.6) is 0 Å². The third-order valence-corrected chi connectivity index (χ3v) is 5.83. The van der Waals surface area contributed by atoms with Crippen molar-refractivity contribution >= 4 is 21.4 Å². The standard InChI is InChI=1S/C16H25N5O2S2/c1-12(2)15(19-25(3,22)23)16-18-17-14-4-6-20(7-8-21(14)16)10-13-5-9-24-11-13/h5,9,11-12,15,19H,4,6-8,10H2,1-3H3. The van der Waals surface area contributed by atoms with Crippen LogP contribution in [0.1, 0.15) is 37.1 Å². The molecular formula is C16H25N5O2S2. The zero-order valence-electron chi connectivity index (χ0n) is 14.8. The van der Waals surface area contributed by atoms with E-state index in [1.165, 1.54) is 11.8 Å². The minimum absolute atomic E-state index is 0.0909. The van der Waals surface area contributed by atoms with Gasteiger partial charge < -0.3 is 4.57 Å². The quantitative estimate of drug-likeness (QED) is 0.820. The van der Waals surface area contributed by atoms with Crippen molar-refractivity contribution in [3.8, 4) is 0 Å². The summed E-state index contributed by atoms with van der Waals surface area (Å²) in [5.74, 6) is 1.74. The van der Waals surface area contributed by atoms with E-state index in [0.717, 1.165) is 38.4 Å². The monoisotopic (exact) mass is 383 g/mol. The second kappa shape index (κ2) is 7.53. The van der Waals surface area contributed by atoms with E-state index in [0.29, 0.717) is 5.82 Å². The maximum atomic E-state index is 11.7. The molecule has 0 aromatic carbocycles. The third-order valence-electron chi connectivity index (χ3n) is 4.42. The molecular weight excluding hydrogens is 358 g/mol. The summed E-state index contributed by atoms with van der Waals surface area (Å²) in [6, 6.07) is 1.80. The van der Waals surface area contributed by atoms with E-state index >= 15 is 0 Å². The Balaban J connectivity index is 1.77. The predicted octanol–water partition coefficient (Wildman–Crippen LogP) is 1.64. The lowest BCUT2D eigenvalue weighted by Gasteiger charge is -2.22. The summed E-state index contributed by atoms with van der Waals surface area (Å²) in [7, 11) is -3.32. The molecule has 7 nitrogen and oxygen atoms in total. The highest BCUT2D eigenvalue weighted by molar-refractivity contribution is 7.88. The number of thiophene rings is 1. The first-order valence-corrected chi connectivity index (χ1v) is 11.3. The number of sulfonamides is 1. The van der Waals surface area contributed by atoms with Crippen LogP contribution in [0.3, 0.4) is 0 Å². The highest BCUT2D eigenvalue weighted by Gasteiger charge is 2.28. The maximum absolute atomic E-state index is 11.7. The fourth-order valence-electron chi connectivity index (χ4n) is 3.14. The Kier molecular flexibility index (Phi) is 5.57. The average Bonchev–Trinajstić information content (AvgIpc) is 3.12. The summed E-state index contributed by atoms with van der Waals surface area (Å²) in [6.45, 7) is 7.52. The van der Waals surface area contributed by atoms with Crippen LogP contribution >= 0.6 is 11.3 Å². The number of fused-ring (bicyclic) bond motifs is 1. The van der Waals surface area contributed by atoms with Gasteiger partial charge in [0.2, 0.25) is 10.0 Å². The summed E-state index contributed by atoms with van der Waals surface area (Å²) in [5.41, 5.74) is 1.33. The summed E-state index contributed by atoms with van der Waals surface area (Å²) < 4.78 is 28.3. The van der Waals surface area contributed by atoms with Gasteiger partial charge in [-0.25, -0.2) is 13.1 Å². The molecule has 0 saturated heterocycles. The topological polar surface area (TPSA) is 80.1 Å². The van der Waals surface area contributed by atoms with Crippen molar-refractivity contribution in [3.63, 3.8) is 0 Å². The van der Waals surface area contributed by atoms with E-state index in [1.807, 2.05) is 13.8 Å². The van der Waals surface area contributed by atoms with Crippen molar-refractivity contribution in [2.75, 3.05) is 19.3 Å². The minimum atomic E-state index is -3.32. The van der Waals surface area contributed by atoms with Crippen molar-refractivity contribution < 1.29 is 8.42 Å². The first-order chi connectivity index (χ1) is 11.8. The van der Waals surface area contributed by atoms with Gasteiger partial charge in [-0.05, 0) is 28.3 Å². The summed E-state index contributed by atoms with van der Waals surface area (Å²) in [5, 5.41) is 12.9. The molecule has 0 amide bonds. The number of nitrogens with zero attached hydrogens (tertiary/aromatic N) is 4. The molecule has 2 aromatic heterocycles. The van der Waals surface area contributed by atoms with E-state index in [4.69, 9.17) is 0 Å². The fraction of sp³-hybridized carbons (Fsp3) is 0.625. The van der Waals surface area contributed by atoms with Crippen LogP contribution in [0.15, 0.2) is 16.8 Å². The highest BCUT2D eigenvalue weighted by Crippen LogP contribution is 2.23. The minimum Gasteiger partial charge on any atom is -0.312 e. The second-order valence-corrected chi connectivity index (χ2v) is 9.46. The molecule has 9 heteroatoms. The molecule has 1 unspecified atom stereocenters. The molecule has 0 saturated carbocycles. The van der Waals surface area contributed by atoms with Gasteiger partial charge in [-0.3, -0.25) is 4.90 Å². The van der Waals surface area contributed by atoms with Gasteiger partial charge in [0.25, 0.3) is 0 Å². The van der Waals surface area contributed by atoms with Gasteiger partial charge >= 0.3 is 0 Å². The molecule has 1 N–H and O–H groups in total. The number of hydrogen-bond donors (Lipinski definition) is 1. The van der Waals surface area contributed by atoms with E-state index < -0.39 is 10.0 Å². The Bertz CT molecular complexity index is 799. The van der Waals surface area contributed by atoms with E-state index in [9.17, 15) is 8.42 Å². The van der Waals surface area contributed by atoms with E-state index in [-0.39, 0.29) is 12.0 Å². The summed E-state index contributed by atoms with van der Waals surface area (Å²) >= 11 is 1.72. The molecule has 0 bridgehead atoms. The highest BCUT2D eigenvalue weighted by atomic mass is 32.2. The normalized spacial score (nSPS) is 17.4. The van der Waals surface area contributed by atoms with Crippen molar-refractivity contribution in [1.29, 1.82) is 0 Å². The van der Waals surface area contributed by atoms with Crippen LogP contribution in [0.4, 0.5) is 0 Å². The number of hydrogen-bond acceptors (Lipinski definition) is 6. The molecule has 0 radical (unpaired) electrons. The fourth-order valence-corrected chi connectivity index (χ4v) is 4.63. The molecule has 3 rings (SSSR count). The lowest BCUT2D eigenvalue weighted by atomic mass is 10.1. The number of nitrogens with one attached hydrogen (secondary N) is 1. The Morgan fingerprint density at radius 1 is 1.28 bits per heavy atom. The largest absolute Gasteiger partial charge is 0.312 e. The molecule has 0 fully saturated rings. The van der Waals surface area contributed by atoms with Crippen LogP contribution in [0.2, 0.25) is 0 Å². The van der Waals surface area contributed by atoms with Gasteiger partial charge in [-0.1, -0.05) is 13.8 Å². The Labute approximate surface area is 153 Å². The maximum Gasteiger partial charge on any atom is 0.209 e. The zero-order valence-corrected chi connectivity index (χ0v) is 16.5. The van der Waals surface area contributed by atoms with Crippen molar-refractivity contribution in [2.45, 2.75) is 39.4 Å². The van der Waals surface area contributed by atoms with Crippen molar-refractivity contribution in [3.05, 3.63) is 34.0 Å². The van der Waals surface area contributed by atoms with Crippen LogP contribution in [-0.2, 0) is 29.5 Å². The zero-order chi connectivity index (χ0) is 18.0. The molecule has 25 heavy (non-hydrogen) atoms. The van der Waals surface area contributed by atoms with Gasteiger partial charge in [0.05, 0.1) is 12.3 Å². The van der Waals surface area contributed by atoms with Gasteiger partial charge in [0, 0.05) is 32.6 Å². The lowest BCUT2D eigenvalue weighted by molar-refractivity contribution is 0.269. The van der Waals surface area contributed by atoms with E-state index in [2.05, 4.69) is 41.2 Å². The smallest absolute Gasteiger partial charge is 0.209 e. The number of rotatable bonds is 6. The number of aromatic nitrogens is 3. The first-order valence-electron chi connectivity index (χ1n) is 8.46. The molecule has 1 atom stereocenters. The van der Waals surface area contributed by atoms with Crippen LogP contribution in [-0.4, -0.2) is 47.4 Å². The van der Waals surface area contributed by atoms with E-state index in [1.54, 1.807) is 11.3 Å². The van der Waals surface area contributed by atoms with Gasteiger partial charge in [-0.15, -0.1) is 10.2 Å². The van der Waals surface area contributed by atoms with Crippen molar-refractivity contribution in [1.82, 2.24) is 24.4 Å². The Hall–Kier alpha value is -1.29. The molecule has 2 aromatic rings. The molecule has 1 aliphatic rings. The Morgan fingerprint density at radius 2 is 2.08 bits per heavy atom. The van der Waals surface area contributed by atoms with Crippen molar-refractivity contribution in [2.24, 2.45) is 5.92 Å². The van der Waals surface area contributed by atoms with Crippen LogP contribution < -0.4 is 4.72 Å². The molecule has 0 spiro atoms. The summed E-state index contributed by atoms with van der Waals surface area (Å²) in [6.07, 6.45) is 2.01. The molecule has 138 valence electrons. The molecule has 1 aliphatic heterocycles.